The van der Waals surface area contributed by atoms with Crippen molar-refractivity contribution in [2.45, 2.75) is 53.4 Å². The number of hydrogen-bond acceptors (Lipinski definition) is 10. The first-order chi connectivity index (χ1) is 24.1. The first-order valence-corrected chi connectivity index (χ1v) is 15.9. The number of aromatic nitrogens is 8. The van der Waals surface area contributed by atoms with Crippen molar-refractivity contribution in [3.63, 3.8) is 0 Å². The summed E-state index contributed by atoms with van der Waals surface area (Å²) in [6, 6.07) is 3.42. The predicted molar refractivity (Wildman–Crippen MR) is 187 cm³/mol. The maximum Gasteiger partial charge on any atom is 0.333 e. The zero-order valence-electron chi connectivity index (χ0n) is 28.8. The van der Waals surface area contributed by atoms with Gasteiger partial charge in [-0.05, 0) is 48.9 Å². The lowest BCUT2D eigenvalue weighted by molar-refractivity contribution is 0.371. The molecule has 0 aliphatic carbocycles. The van der Waals surface area contributed by atoms with Crippen LogP contribution < -0.4 is 32.0 Å². The Hall–Kier alpha value is -5.77. The van der Waals surface area contributed by atoms with E-state index in [1.807, 2.05) is 27.7 Å². The molecule has 0 spiro atoms. The third kappa shape index (κ3) is 6.38. The number of nitrogens with one attached hydrogen (secondary N) is 2. The highest BCUT2D eigenvalue weighted by molar-refractivity contribution is 6.34. The van der Waals surface area contributed by atoms with E-state index in [0.717, 1.165) is 14.7 Å². The van der Waals surface area contributed by atoms with Gasteiger partial charge < -0.3 is 9.47 Å². The number of H-pyrrole nitrogens is 2. The van der Waals surface area contributed by atoms with Gasteiger partial charge in [-0.3, -0.25) is 38.7 Å². The van der Waals surface area contributed by atoms with Gasteiger partial charge in [-0.15, -0.1) is 0 Å². The van der Waals surface area contributed by atoms with Crippen LogP contribution in [-0.4, -0.2) is 53.3 Å². The number of methoxy groups -OCH3 is 2. The van der Waals surface area contributed by atoms with Crippen molar-refractivity contribution < 1.29 is 18.3 Å². The molecule has 6 rings (SSSR count). The molecule has 51 heavy (non-hydrogen) atoms. The van der Waals surface area contributed by atoms with Gasteiger partial charge in [0.1, 0.15) is 21.6 Å². The number of hydrogen-bond donors (Lipinski definition) is 2. The van der Waals surface area contributed by atoms with Gasteiger partial charge in [0.05, 0.1) is 42.4 Å². The molecule has 6 aromatic heterocycles. The Morgan fingerprint density at radius 1 is 0.725 bits per heavy atom. The molecule has 0 aliphatic heterocycles. The van der Waals surface area contributed by atoms with E-state index in [2.05, 4.69) is 29.9 Å². The highest BCUT2D eigenvalue weighted by Gasteiger charge is 2.25. The Morgan fingerprint density at radius 3 is 1.69 bits per heavy atom. The molecule has 0 saturated heterocycles. The Labute approximate surface area is 292 Å². The average Bonchev–Trinajstić information content (AvgIpc) is 3.07. The number of pyridine rings is 4. The number of ether oxygens (including phenoxy) is 2. The van der Waals surface area contributed by atoms with Gasteiger partial charge in [-0.2, -0.15) is 13.8 Å². The molecule has 6 aromatic rings. The molecule has 0 fully saturated rings. The van der Waals surface area contributed by atoms with Crippen LogP contribution in [0.4, 0.5) is 8.78 Å². The number of rotatable bonds is 6. The van der Waals surface area contributed by atoms with Crippen molar-refractivity contribution in [1.82, 2.24) is 39.0 Å². The molecule has 17 heteroatoms. The van der Waals surface area contributed by atoms with E-state index < -0.39 is 40.0 Å². The summed E-state index contributed by atoms with van der Waals surface area (Å²) >= 11 is 6.06. The minimum atomic E-state index is -0.951. The number of halogens is 3. The average molecular weight is 723 g/mol. The molecule has 0 saturated carbocycles. The summed E-state index contributed by atoms with van der Waals surface area (Å²) in [6.45, 7) is 11.2. The molecule has 0 unspecified atom stereocenters. The van der Waals surface area contributed by atoms with E-state index in [1.54, 1.807) is 38.4 Å². The quantitative estimate of drug-likeness (QED) is 0.228. The lowest BCUT2D eigenvalue weighted by Gasteiger charge is -2.18. The number of fused-ring (bicyclic) bond motifs is 2. The monoisotopic (exact) mass is 722 g/mol. The van der Waals surface area contributed by atoms with Crippen LogP contribution in [0.1, 0.15) is 62.0 Å². The van der Waals surface area contributed by atoms with Crippen LogP contribution in [0.15, 0.2) is 49.9 Å². The van der Waals surface area contributed by atoms with E-state index in [-0.39, 0.29) is 44.7 Å². The maximum absolute atomic E-state index is 15.0. The number of nitrogens with zero attached hydrogens (tertiary/aromatic N) is 6. The summed E-state index contributed by atoms with van der Waals surface area (Å²) in [7, 11) is 2.49. The zero-order chi connectivity index (χ0) is 37.5. The van der Waals surface area contributed by atoms with Gasteiger partial charge in [-0.1, -0.05) is 39.3 Å². The van der Waals surface area contributed by atoms with Crippen LogP contribution in [0.25, 0.3) is 33.2 Å². The smallest absolute Gasteiger partial charge is 0.333 e. The van der Waals surface area contributed by atoms with Crippen LogP contribution >= 0.6 is 11.6 Å². The molecular formula is C34H33ClF2N8O6. The maximum atomic E-state index is 15.0. The highest BCUT2D eigenvalue weighted by atomic mass is 35.5. The van der Waals surface area contributed by atoms with Crippen LogP contribution in [-0.2, 0) is 0 Å². The Balaban J connectivity index is 0.000000198. The summed E-state index contributed by atoms with van der Waals surface area (Å²) in [4.78, 5) is 70.2. The molecule has 6 heterocycles. The molecule has 14 nitrogen and oxygen atoms in total. The normalized spacial score (nSPS) is 11.3. The van der Waals surface area contributed by atoms with Crippen LogP contribution in [0.3, 0.4) is 0 Å². The van der Waals surface area contributed by atoms with Gasteiger partial charge in [0, 0.05) is 18.6 Å². The number of aromatic amines is 2. The minimum Gasteiger partial charge on any atom is -0.479 e. The lowest BCUT2D eigenvalue weighted by atomic mass is 10.0. The van der Waals surface area contributed by atoms with Gasteiger partial charge in [0.25, 0.3) is 22.9 Å². The van der Waals surface area contributed by atoms with E-state index in [4.69, 9.17) is 21.1 Å². The Morgan fingerprint density at radius 2 is 1.20 bits per heavy atom. The second-order valence-electron chi connectivity index (χ2n) is 12.0. The highest BCUT2D eigenvalue weighted by Crippen LogP contribution is 2.32. The lowest BCUT2D eigenvalue weighted by Crippen LogP contribution is -2.31. The third-order valence-electron chi connectivity index (χ3n) is 8.00. The summed E-state index contributed by atoms with van der Waals surface area (Å²) in [5, 5.41) is -0.542. The van der Waals surface area contributed by atoms with Gasteiger partial charge in [0.2, 0.25) is 11.6 Å². The molecule has 0 bridgehead atoms. The number of aryl methyl sites for hydroxylation is 2. The van der Waals surface area contributed by atoms with Crippen molar-refractivity contribution in [3.05, 3.63) is 112 Å². The van der Waals surface area contributed by atoms with Crippen LogP contribution in [0.2, 0.25) is 5.15 Å². The molecule has 0 aliphatic rings. The Kier molecular flexibility index (Phi) is 10.2. The molecule has 0 radical (unpaired) electrons. The fraction of sp³-hybridized carbons (Fsp3) is 0.294. The van der Waals surface area contributed by atoms with Crippen LogP contribution in [0, 0.1) is 25.5 Å². The molecule has 0 aromatic carbocycles. The third-order valence-corrected chi connectivity index (χ3v) is 8.28. The van der Waals surface area contributed by atoms with Gasteiger partial charge >= 0.3 is 11.4 Å². The molecule has 2 N–H and O–H groups in total. The van der Waals surface area contributed by atoms with Crippen molar-refractivity contribution >= 4 is 33.4 Å². The van der Waals surface area contributed by atoms with Crippen LogP contribution in [0.5, 0.6) is 11.8 Å². The predicted octanol–water partition coefficient (Wildman–Crippen LogP) is 4.75. The first-order valence-electron chi connectivity index (χ1n) is 15.5. The summed E-state index contributed by atoms with van der Waals surface area (Å²) in [5.74, 6) is -2.60. The van der Waals surface area contributed by atoms with Crippen molar-refractivity contribution in [2.75, 3.05) is 14.2 Å². The second-order valence-corrected chi connectivity index (χ2v) is 12.4. The summed E-state index contributed by atoms with van der Waals surface area (Å²) < 4.78 is 42.0. The second kappa shape index (κ2) is 14.2. The largest absolute Gasteiger partial charge is 0.479 e. The standard InChI is InChI=1S/C17H16ClFN4O3.C17H17FN4O3/c1-7(2)11-12(8(3)5-6-20-11)23-13-9(15(24)22-17(23)25)14(18)21-16(26-4)10(13)19;1-8(2)12-13(9(3)5-6-19-12)22-14-10(15(23)21-17(22)24)7-20-16(25-4)11(14)18/h5-7H,1-4H3,(H,22,24,25);5-8H,1-4H3,(H,21,23,24). The Bertz CT molecular complexity index is 2580. The summed E-state index contributed by atoms with van der Waals surface area (Å²) in [6.07, 6.45) is 4.43. The van der Waals surface area contributed by atoms with Crippen molar-refractivity contribution in [1.29, 1.82) is 0 Å². The van der Waals surface area contributed by atoms with Gasteiger partial charge in [0.15, 0.2) is 0 Å². The van der Waals surface area contributed by atoms with E-state index in [9.17, 15) is 23.6 Å². The van der Waals surface area contributed by atoms with E-state index in [1.165, 1.54) is 20.4 Å². The van der Waals surface area contributed by atoms with E-state index >= 15 is 4.39 Å². The zero-order valence-corrected chi connectivity index (χ0v) is 29.6. The fourth-order valence-corrected chi connectivity index (χ4v) is 5.92. The van der Waals surface area contributed by atoms with Gasteiger partial charge in [-0.25, -0.2) is 14.6 Å². The molecular weight excluding hydrogens is 690 g/mol. The van der Waals surface area contributed by atoms with E-state index in [0.29, 0.717) is 28.3 Å². The topological polar surface area (TPSA) is 180 Å². The SMILES string of the molecule is COc1nc(Cl)c2c(=O)[nH]c(=O)n(-c3c(C)ccnc3C(C)C)c2c1F.COc1ncc2c(=O)[nH]c(=O)n(-c3c(C)ccnc3C(C)C)c2c1F. The fourth-order valence-electron chi connectivity index (χ4n) is 5.67. The molecule has 0 atom stereocenters. The molecule has 0 amide bonds. The first kappa shape index (κ1) is 36.5. The summed E-state index contributed by atoms with van der Waals surface area (Å²) in [5.41, 5.74) is -0.135. The van der Waals surface area contributed by atoms with Crippen molar-refractivity contribution in [3.8, 4) is 23.1 Å². The molecule has 266 valence electrons. The minimum absolute atomic E-state index is 0.0180. The van der Waals surface area contributed by atoms with Crippen molar-refractivity contribution in [2.24, 2.45) is 0 Å².